The van der Waals surface area contributed by atoms with Gasteiger partial charge in [0.2, 0.25) is 25.8 Å². The number of nitrogens with two attached hydrogens (primary N) is 2. The quantitative estimate of drug-likeness (QED) is 0.127. The van der Waals surface area contributed by atoms with Crippen LogP contribution in [0.2, 0.25) is 0 Å². The number of phenolic OH excluding ortho intramolecular Hbond substituents is 1. The van der Waals surface area contributed by atoms with Gasteiger partial charge < -0.3 is 31.0 Å². The summed E-state index contributed by atoms with van der Waals surface area (Å²) >= 11 is 0. The molecule has 1 aliphatic heterocycles. The van der Waals surface area contributed by atoms with E-state index in [0.717, 1.165) is 5.69 Å². The minimum absolute atomic E-state index is 0.125. The Hall–Kier alpha value is -4.01. The van der Waals surface area contributed by atoms with Crippen molar-refractivity contribution in [3.05, 3.63) is 72.3 Å². The van der Waals surface area contributed by atoms with Crippen LogP contribution in [-0.4, -0.2) is 71.6 Å². The summed E-state index contributed by atoms with van der Waals surface area (Å²) in [5.41, 5.74) is 11.9. The number of anilines is 1. The summed E-state index contributed by atoms with van der Waals surface area (Å²) in [5, 5.41) is 14.1. The summed E-state index contributed by atoms with van der Waals surface area (Å²) < 4.78 is 62.1. The Morgan fingerprint density at radius 2 is 1.63 bits per heavy atom. The zero-order valence-electron chi connectivity index (χ0n) is 22.5. The van der Waals surface area contributed by atoms with Crippen LogP contribution in [0.3, 0.4) is 0 Å². The third-order valence-electron chi connectivity index (χ3n) is 6.36. The van der Waals surface area contributed by atoms with Crippen LogP contribution in [0.25, 0.3) is 0 Å². The zero-order valence-corrected chi connectivity index (χ0v) is 24.1. The first kappa shape index (κ1) is 30.0. The van der Waals surface area contributed by atoms with E-state index in [-0.39, 0.29) is 42.9 Å². The molecular formula is C27H33N5O7S2. The molecule has 0 atom stereocenters. The van der Waals surface area contributed by atoms with Gasteiger partial charge in [0.25, 0.3) is 0 Å². The van der Waals surface area contributed by atoms with E-state index in [1.54, 1.807) is 13.0 Å². The van der Waals surface area contributed by atoms with Gasteiger partial charge in [0.15, 0.2) is 0 Å². The molecule has 14 heteroatoms. The first-order valence-corrected chi connectivity index (χ1v) is 15.7. The molecule has 0 saturated carbocycles. The third-order valence-corrected chi connectivity index (χ3v) is 10.3. The lowest BCUT2D eigenvalue weighted by Gasteiger charge is -2.35. The monoisotopic (exact) mass is 603 g/mol. The predicted molar refractivity (Wildman–Crippen MR) is 154 cm³/mol. The average Bonchev–Trinajstić information content (AvgIpc) is 2.94. The van der Waals surface area contributed by atoms with Crippen molar-refractivity contribution in [1.82, 2.24) is 4.31 Å². The number of rotatable bonds is 11. The molecule has 3 aromatic rings. The number of phenols is 1. The van der Waals surface area contributed by atoms with Crippen LogP contribution >= 0.6 is 0 Å². The normalized spacial score (nSPS) is 14.4. The standard InChI is InChI=1S/C27H33N5O7S2/c1-20-17-22(38-15-6-16-39-30-27(28)29)19-23(18-20)40(34,35)25-10-5-9-24(33)26(25)41(36,37)32-13-11-31(12-14-32)21-7-3-2-4-8-21/h2-5,7-10,17-19,33H,6,11-16H2,1H3,(H4,28,29,30). The molecule has 0 amide bonds. The molecule has 0 unspecified atom stereocenters. The van der Waals surface area contributed by atoms with Crippen molar-refractivity contribution in [3.63, 3.8) is 0 Å². The Bertz CT molecular complexity index is 1600. The first-order chi connectivity index (χ1) is 19.5. The molecule has 1 fully saturated rings. The zero-order chi connectivity index (χ0) is 29.6. The fraction of sp³-hybridized carbons (Fsp3) is 0.296. The van der Waals surface area contributed by atoms with E-state index in [4.69, 9.17) is 21.0 Å². The maximum absolute atomic E-state index is 13.8. The van der Waals surface area contributed by atoms with Crippen LogP contribution in [0.15, 0.2) is 86.6 Å². The van der Waals surface area contributed by atoms with E-state index in [9.17, 15) is 21.9 Å². The number of sulfone groups is 1. The molecule has 3 aromatic carbocycles. The number of aromatic hydroxyl groups is 1. The maximum Gasteiger partial charge on any atom is 0.248 e. The Kier molecular flexibility index (Phi) is 9.25. The third kappa shape index (κ3) is 7.01. The van der Waals surface area contributed by atoms with E-state index in [1.807, 2.05) is 30.3 Å². The van der Waals surface area contributed by atoms with E-state index in [0.29, 0.717) is 25.1 Å². The highest BCUT2D eigenvalue weighted by molar-refractivity contribution is 7.93. The SMILES string of the molecule is Cc1cc(OCCCON=C(N)N)cc(S(=O)(=O)c2cccc(O)c2S(=O)(=O)N2CCN(c3ccccc3)CC2)c1. The van der Waals surface area contributed by atoms with Gasteiger partial charge in [0, 0.05) is 38.3 Å². The van der Waals surface area contributed by atoms with E-state index in [1.165, 1.54) is 34.6 Å². The maximum atomic E-state index is 13.8. The van der Waals surface area contributed by atoms with Gasteiger partial charge in [-0.2, -0.15) is 4.31 Å². The summed E-state index contributed by atoms with van der Waals surface area (Å²) in [6, 6.07) is 17.7. The number of ether oxygens (including phenoxy) is 1. The van der Waals surface area contributed by atoms with Gasteiger partial charge >= 0.3 is 0 Å². The van der Waals surface area contributed by atoms with Crippen LogP contribution in [-0.2, 0) is 24.7 Å². The van der Waals surface area contributed by atoms with Crippen molar-refractivity contribution in [3.8, 4) is 11.5 Å². The van der Waals surface area contributed by atoms with Gasteiger partial charge in [0.1, 0.15) is 23.0 Å². The molecule has 5 N–H and O–H groups in total. The van der Waals surface area contributed by atoms with Crippen LogP contribution in [0, 0.1) is 6.92 Å². The molecule has 1 saturated heterocycles. The summed E-state index contributed by atoms with van der Waals surface area (Å²) in [6.07, 6.45) is 0.416. The number of piperazine rings is 1. The molecule has 4 rings (SSSR count). The molecule has 0 bridgehead atoms. The van der Waals surface area contributed by atoms with Crippen LogP contribution in [0.1, 0.15) is 12.0 Å². The van der Waals surface area contributed by atoms with Crippen LogP contribution in [0.4, 0.5) is 5.69 Å². The minimum Gasteiger partial charge on any atom is -0.506 e. The predicted octanol–water partition coefficient (Wildman–Crippen LogP) is 2.02. The summed E-state index contributed by atoms with van der Waals surface area (Å²) in [6.45, 7) is 3.13. The summed E-state index contributed by atoms with van der Waals surface area (Å²) in [4.78, 5) is 5.63. The lowest BCUT2D eigenvalue weighted by atomic mass is 10.2. The van der Waals surface area contributed by atoms with Crippen molar-refractivity contribution in [2.24, 2.45) is 16.6 Å². The second-order valence-electron chi connectivity index (χ2n) is 9.37. The van der Waals surface area contributed by atoms with Crippen LogP contribution < -0.4 is 21.1 Å². The highest BCUT2D eigenvalue weighted by atomic mass is 32.2. The molecule has 0 spiro atoms. The van der Waals surface area contributed by atoms with Gasteiger partial charge in [0.05, 0.1) is 16.4 Å². The van der Waals surface area contributed by atoms with Crippen molar-refractivity contribution in [2.45, 2.75) is 28.0 Å². The molecule has 0 aromatic heterocycles. The number of sulfonamides is 1. The molecule has 220 valence electrons. The van der Waals surface area contributed by atoms with Crippen molar-refractivity contribution in [2.75, 3.05) is 44.3 Å². The van der Waals surface area contributed by atoms with Crippen molar-refractivity contribution >= 4 is 31.5 Å². The number of oxime groups is 1. The Morgan fingerprint density at radius 3 is 2.32 bits per heavy atom. The van der Waals surface area contributed by atoms with Gasteiger partial charge in [-0.15, -0.1) is 0 Å². The molecule has 0 radical (unpaired) electrons. The lowest BCUT2D eigenvalue weighted by molar-refractivity contribution is 0.127. The molecule has 41 heavy (non-hydrogen) atoms. The van der Waals surface area contributed by atoms with E-state index < -0.39 is 35.4 Å². The molecule has 12 nitrogen and oxygen atoms in total. The van der Waals surface area contributed by atoms with Crippen molar-refractivity contribution < 1.29 is 31.5 Å². The molecule has 0 aliphatic carbocycles. The van der Waals surface area contributed by atoms with Gasteiger partial charge in [-0.25, -0.2) is 16.8 Å². The highest BCUT2D eigenvalue weighted by Gasteiger charge is 2.36. The Balaban J connectivity index is 1.57. The minimum atomic E-state index is -4.39. The second-order valence-corrected chi connectivity index (χ2v) is 13.2. The van der Waals surface area contributed by atoms with Crippen molar-refractivity contribution in [1.29, 1.82) is 0 Å². The largest absolute Gasteiger partial charge is 0.506 e. The Labute approximate surface area is 239 Å². The molecular weight excluding hydrogens is 570 g/mol. The topological polar surface area (TPSA) is 178 Å². The first-order valence-electron chi connectivity index (χ1n) is 12.8. The highest BCUT2D eigenvalue weighted by Crippen LogP contribution is 2.37. The van der Waals surface area contributed by atoms with Crippen LogP contribution in [0.5, 0.6) is 11.5 Å². The number of hydrogen-bond donors (Lipinski definition) is 3. The van der Waals surface area contributed by atoms with Gasteiger partial charge in [-0.1, -0.05) is 24.3 Å². The summed E-state index contributed by atoms with van der Waals surface area (Å²) in [5.74, 6) is -0.573. The number of guanidine groups is 1. The molecule has 1 heterocycles. The fourth-order valence-corrected chi connectivity index (χ4v) is 8.12. The van der Waals surface area contributed by atoms with Gasteiger partial charge in [-0.05, 0) is 60.1 Å². The molecule has 1 aliphatic rings. The number of nitrogens with zero attached hydrogens (tertiary/aromatic N) is 3. The number of benzene rings is 3. The fourth-order valence-electron chi connectivity index (χ4n) is 4.44. The average molecular weight is 604 g/mol. The smallest absolute Gasteiger partial charge is 0.248 e. The number of hydrogen-bond acceptors (Lipinski definition) is 9. The number of aryl methyl sites for hydroxylation is 1. The lowest BCUT2D eigenvalue weighted by Crippen LogP contribution is -2.48. The van der Waals surface area contributed by atoms with Gasteiger partial charge in [-0.3, -0.25) is 0 Å². The second kappa shape index (κ2) is 12.7. The van der Waals surface area contributed by atoms with E-state index in [2.05, 4.69) is 10.1 Å². The number of para-hydroxylation sites is 1. The summed E-state index contributed by atoms with van der Waals surface area (Å²) in [7, 11) is -8.75. The Morgan fingerprint density at radius 1 is 0.927 bits per heavy atom. The van der Waals surface area contributed by atoms with E-state index >= 15 is 0 Å².